The van der Waals surface area contributed by atoms with E-state index in [1.54, 1.807) is 6.92 Å². The summed E-state index contributed by atoms with van der Waals surface area (Å²) in [5.41, 5.74) is 4.07. The number of nitrogens with one attached hydrogen (secondary N) is 1. The molecule has 0 fully saturated rings. The Balaban J connectivity index is 1.79. The minimum atomic E-state index is -0.332. The van der Waals surface area contributed by atoms with Gasteiger partial charge in [-0.15, -0.1) is 0 Å². The molecule has 0 aliphatic rings. The number of ether oxygens (including phenoxy) is 2. The number of nitrogens with zero attached hydrogens (tertiary/aromatic N) is 1. The highest BCUT2D eigenvalue weighted by atomic mass is 16.5. The Kier molecular flexibility index (Phi) is 6.12. The predicted molar refractivity (Wildman–Crippen MR) is 122 cm³/mol. The first-order valence-corrected chi connectivity index (χ1v) is 10.2. The molecule has 0 unspecified atom stereocenters. The van der Waals surface area contributed by atoms with Crippen LogP contribution in [-0.4, -0.2) is 16.2 Å². The van der Waals surface area contributed by atoms with Crippen molar-refractivity contribution in [1.29, 1.82) is 0 Å². The van der Waals surface area contributed by atoms with Crippen LogP contribution in [0.1, 0.15) is 18.1 Å². The van der Waals surface area contributed by atoms with E-state index in [1.807, 2.05) is 78.9 Å². The molecule has 0 aliphatic carbocycles. The maximum absolute atomic E-state index is 12.4. The van der Waals surface area contributed by atoms with Gasteiger partial charge in [-0.25, -0.2) is 5.10 Å². The Bertz CT molecular complexity index is 1300. The van der Waals surface area contributed by atoms with E-state index in [0.717, 1.165) is 22.3 Å². The second-order valence-corrected chi connectivity index (χ2v) is 7.29. The van der Waals surface area contributed by atoms with Crippen LogP contribution < -0.4 is 10.3 Å². The molecule has 0 spiro atoms. The van der Waals surface area contributed by atoms with E-state index in [4.69, 9.17) is 9.47 Å². The molecule has 0 atom stereocenters. The first kappa shape index (κ1) is 21.1. The summed E-state index contributed by atoms with van der Waals surface area (Å²) < 4.78 is 11.2. The van der Waals surface area contributed by atoms with Crippen molar-refractivity contribution in [2.45, 2.75) is 20.5 Å². The van der Waals surface area contributed by atoms with Crippen LogP contribution in [0.4, 0.5) is 0 Å². The number of para-hydroxylation sites is 2. The molecule has 3 aromatic carbocycles. The lowest BCUT2D eigenvalue weighted by molar-refractivity contribution is -0.142. The van der Waals surface area contributed by atoms with Gasteiger partial charge in [-0.05, 0) is 42.3 Å². The van der Waals surface area contributed by atoms with Gasteiger partial charge in [-0.2, -0.15) is 5.10 Å². The number of aromatic amines is 1. The lowest BCUT2D eigenvalue weighted by Gasteiger charge is -2.15. The highest BCUT2D eigenvalue weighted by Crippen LogP contribution is 2.38. The van der Waals surface area contributed by atoms with Crippen molar-refractivity contribution < 1.29 is 14.3 Å². The third-order valence-electron chi connectivity index (χ3n) is 5.02. The predicted octanol–water partition coefficient (Wildman–Crippen LogP) is 5.27. The molecule has 4 aromatic rings. The molecule has 1 aromatic heterocycles. The van der Waals surface area contributed by atoms with Crippen LogP contribution in [0.15, 0.2) is 83.7 Å². The number of H-pyrrole nitrogens is 1. The number of hydrogen-bond acceptors (Lipinski definition) is 5. The number of carbonyl (C=O) groups is 1. The molecule has 0 saturated heterocycles. The number of esters is 1. The molecule has 0 bridgehead atoms. The molecule has 1 N–H and O–H groups in total. The highest BCUT2D eigenvalue weighted by molar-refractivity contribution is 5.85. The quantitative estimate of drug-likeness (QED) is 0.425. The summed E-state index contributed by atoms with van der Waals surface area (Å²) in [6.07, 6.45) is 0. The Morgan fingerprint density at radius 1 is 0.938 bits per heavy atom. The third-order valence-corrected chi connectivity index (χ3v) is 5.02. The molecule has 32 heavy (non-hydrogen) atoms. The molecule has 1 heterocycles. The van der Waals surface area contributed by atoms with Gasteiger partial charge in [-0.3, -0.25) is 9.59 Å². The summed E-state index contributed by atoms with van der Waals surface area (Å²) in [4.78, 5) is 23.5. The Hall–Kier alpha value is -4.19. The van der Waals surface area contributed by atoms with Crippen LogP contribution in [0.2, 0.25) is 0 Å². The maximum Gasteiger partial charge on any atom is 0.302 e. The lowest BCUT2D eigenvalue weighted by atomic mass is 9.95. The van der Waals surface area contributed by atoms with Gasteiger partial charge in [-0.1, -0.05) is 54.6 Å². The van der Waals surface area contributed by atoms with Gasteiger partial charge < -0.3 is 9.47 Å². The minimum absolute atomic E-state index is 0.197. The van der Waals surface area contributed by atoms with Crippen molar-refractivity contribution in [2.75, 3.05) is 0 Å². The van der Waals surface area contributed by atoms with Crippen molar-refractivity contribution in [3.8, 4) is 33.9 Å². The molecule has 0 amide bonds. The molecule has 6 heteroatoms. The van der Waals surface area contributed by atoms with Crippen molar-refractivity contribution in [3.05, 3.63) is 100 Å². The molecule has 6 nitrogen and oxygen atoms in total. The fraction of sp³-hybridized carbons (Fsp3) is 0.115. The van der Waals surface area contributed by atoms with E-state index in [0.29, 0.717) is 22.8 Å². The zero-order valence-electron chi connectivity index (χ0n) is 17.8. The fourth-order valence-electron chi connectivity index (χ4n) is 3.41. The molecule has 160 valence electrons. The van der Waals surface area contributed by atoms with Crippen molar-refractivity contribution in [2.24, 2.45) is 0 Å². The summed E-state index contributed by atoms with van der Waals surface area (Å²) in [5.74, 6) is 1.00. The zero-order chi connectivity index (χ0) is 22.5. The van der Waals surface area contributed by atoms with E-state index in [9.17, 15) is 9.59 Å². The summed E-state index contributed by atoms with van der Waals surface area (Å²) in [7, 11) is 0. The lowest BCUT2D eigenvalue weighted by Crippen LogP contribution is -2.14. The molecule has 4 rings (SSSR count). The average molecular weight is 426 g/mol. The van der Waals surface area contributed by atoms with E-state index < -0.39 is 0 Å². The van der Waals surface area contributed by atoms with E-state index >= 15 is 0 Å². The highest BCUT2D eigenvalue weighted by Gasteiger charge is 2.18. The topological polar surface area (TPSA) is 81.3 Å². The van der Waals surface area contributed by atoms with Crippen molar-refractivity contribution >= 4 is 5.97 Å². The molecule has 0 radical (unpaired) electrons. The number of aromatic nitrogens is 2. The molecule has 0 aliphatic heterocycles. The Morgan fingerprint density at radius 2 is 1.62 bits per heavy atom. The molecular weight excluding hydrogens is 404 g/mol. The van der Waals surface area contributed by atoms with Gasteiger partial charge in [0.1, 0.15) is 23.8 Å². The van der Waals surface area contributed by atoms with Crippen LogP contribution in [0.5, 0.6) is 11.5 Å². The largest absolute Gasteiger partial charge is 0.461 e. The standard InChI is InChI=1S/C26H22N2O4/c1-17-24(20-14-12-19(13-15-20)16-31-18(2)29)25(27-28-26(17)30)22-10-6-7-11-23(22)32-21-8-4-3-5-9-21/h3-15H,16H2,1-2H3,(H,28,30). The monoisotopic (exact) mass is 426 g/mol. The number of carbonyl (C=O) groups excluding carboxylic acids is 1. The molecule has 0 saturated carbocycles. The van der Waals surface area contributed by atoms with Crippen molar-refractivity contribution in [3.63, 3.8) is 0 Å². The van der Waals surface area contributed by atoms with Gasteiger partial charge in [0.05, 0.1) is 0 Å². The van der Waals surface area contributed by atoms with Crippen LogP contribution in [0, 0.1) is 6.92 Å². The van der Waals surface area contributed by atoms with Crippen LogP contribution in [0.25, 0.3) is 22.4 Å². The SMILES string of the molecule is CC(=O)OCc1ccc(-c2c(-c3ccccc3Oc3ccccc3)n[nH]c(=O)c2C)cc1. The van der Waals surface area contributed by atoms with E-state index in [2.05, 4.69) is 10.2 Å². The van der Waals surface area contributed by atoms with Gasteiger partial charge in [0.25, 0.3) is 5.56 Å². The summed E-state index contributed by atoms with van der Waals surface area (Å²) in [6.45, 7) is 3.34. The summed E-state index contributed by atoms with van der Waals surface area (Å²) in [6, 6.07) is 24.6. The van der Waals surface area contributed by atoms with E-state index in [-0.39, 0.29) is 18.1 Å². The number of hydrogen-bond donors (Lipinski definition) is 1. The minimum Gasteiger partial charge on any atom is -0.461 e. The number of benzene rings is 3. The third kappa shape index (κ3) is 4.59. The summed E-state index contributed by atoms with van der Waals surface area (Å²) >= 11 is 0. The van der Waals surface area contributed by atoms with E-state index in [1.165, 1.54) is 6.92 Å². The first-order valence-electron chi connectivity index (χ1n) is 10.2. The maximum atomic E-state index is 12.4. The second-order valence-electron chi connectivity index (χ2n) is 7.29. The normalized spacial score (nSPS) is 10.6. The second kappa shape index (κ2) is 9.31. The molecular formula is C26H22N2O4. The van der Waals surface area contributed by atoms with Crippen LogP contribution >= 0.6 is 0 Å². The van der Waals surface area contributed by atoms with Crippen molar-refractivity contribution in [1.82, 2.24) is 10.2 Å². The van der Waals surface area contributed by atoms with Crippen LogP contribution in [0.3, 0.4) is 0 Å². The van der Waals surface area contributed by atoms with Gasteiger partial charge in [0, 0.05) is 23.6 Å². The Morgan fingerprint density at radius 3 is 2.34 bits per heavy atom. The van der Waals surface area contributed by atoms with Gasteiger partial charge in [0.2, 0.25) is 0 Å². The smallest absolute Gasteiger partial charge is 0.302 e. The summed E-state index contributed by atoms with van der Waals surface area (Å²) in [5, 5.41) is 6.98. The van der Waals surface area contributed by atoms with Gasteiger partial charge in [0.15, 0.2) is 0 Å². The van der Waals surface area contributed by atoms with Gasteiger partial charge >= 0.3 is 5.97 Å². The number of rotatable bonds is 6. The Labute approximate surface area is 185 Å². The zero-order valence-corrected chi connectivity index (χ0v) is 17.8. The fourth-order valence-corrected chi connectivity index (χ4v) is 3.41. The van der Waals surface area contributed by atoms with Crippen LogP contribution in [-0.2, 0) is 16.1 Å². The average Bonchev–Trinajstić information content (AvgIpc) is 2.81. The first-order chi connectivity index (χ1) is 15.5.